The largest absolute Gasteiger partial charge is 1.00 e. The summed E-state index contributed by atoms with van der Waals surface area (Å²) in [5, 5.41) is 14.2. The summed E-state index contributed by atoms with van der Waals surface area (Å²) in [4.78, 5) is 0. The molecule has 26 heavy (non-hydrogen) atoms. The van der Waals surface area contributed by atoms with Gasteiger partial charge in [0, 0.05) is 17.0 Å². The van der Waals surface area contributed by atoms with Crippen molar-refractivity contribution in [2.24, 2.45) is 0 Å². The van der Waals surface area contributed by atoms with Crippen LogP contribution < -0.4 is 17.0 Å². The molecule has 0 saturated heterocycles. The Hall–Kier alpha value is -2.91. The number of aromatic hydroxyl groups is 1. The van der Waals surface area contributed by atoms with Crippen LogP contribution in [0.25, 0.3) is 43.8 Å². The Morgan fingerprint density at radius 1 is 0.615 bits per heavy atom. The molecule has 0 amide bonds. The van der Waals surface area contributed by atoms with E-state index in [2.05, 4.69) is 18.2 Å². The molecule has 0 saturated carbocycles. The first-order valence-electron chi connectivity index (χ1n) is 8.27. The Morgan fingerprint density at radius 3 is 2.00 bits per heavy atom. The first-order chi connectivity index (χ1) is 12.3. The van der Waals surface area contributed by atoms with Crippen molar-refractivity contribution >= 4 is 32.7 Å². The smallest absolute Gasteiger partial charge is 0.369 e. The van der Waals surface area contributed by atoms with Gasteiger partial charge in [0.25, 0.3) is 0 Å². The van der Waals surface area contributed by atoms with Crippen molar-refractivity contribution in [2.45, 2.75) is 0 Å². The lowest BCUT2D eigenvalue weighted by molar-refractivity contribution is -0.00000613. The number of fused-ring (bicyclic) bond motifs is 4. The van der Waals surface area contributed by atoms with Crippen LogP contribution in [-0.2, 0) is 0 Å². The first kappa shape index (κ1) is 16.6. The SMILES string of the molecule is Oc1cc2c(-c3ccccc3)c3ccccc3[o+]c2c2ccccc12.[Br-]. The second kappa shape index (κ2) is 6.43. The number of hydrogen-bond acceptors (Lipinski definition) is 1. The highest BCUT2D eigenvalue weighted by atomic mass is 79.9. The van der Waals surface area contributed by atoms with Crippen LogP contribution in [0.4, 0.5) is 0 Å². The Bertz CT molecular complexity index is 1250. The fourth-order valence-electron chi connectivity index (χ4n) is 3.56. The number of phenolic OH excluding ortho intramolecular Hbond substituents is 1. The van der Waals surface area contributed by atoms with Crippen LogP contribution in [0.5, 0.6) is 5.75 Å². The van der Waals surface area contributed by atoms with Gasteiger partial charge in [-0.3, -0.25) is 0 Å². The van der Waals surface area contributed by atoms with E-state index < -0.39 is 0 Å². The van der Waals surface area contributed by atoms with Crippen LogP contribution in [0, 0.1) is 0 Å². The number of phenols is 1. The van der Waals surface area contributed by atoms with Crippen molar-refractivity contribution in [3.8, 4) is 16.9 Å². The van der Waals surface area contributed by atoms with E-state index in [-0.39, 0.29) is 22.7 Å². The molecule has 3 heteroatoms. The second-order valence-electron chi connectivity index (χ2n) is 6.16. The summed E-state index contributed by atoms with van der Waals surface area (Å²) in [6.07, 6.45) is 0. The molecule has 2 nitrogen and oxygen atoms in total. The highest BCUT2D eigenvalue weighted by Crippen LogP contribution is 2.41. The van der Waals surface area contributed by atoms with Gasteiger partial charge in [-0.2, -0.15) is 0 Å². The molecule has 0 radical (unpaired) electrons. The van der Waals surface area contributed by atoms with Gasteiger partial charge in [0.15, 0.2) is 0 Å². The maximum atomic E-state index is 10.6. The molecule has 0 bridgehead atoms. The van der Waals surface area contributed by atoms with Crippen molar-refractivity contribution in [3.63, 3.8) is 0 Å². The van der Waals surface area contributed by atoms with Crippen LogP contribution >= 0.6 is 0 Å². The predicted molar refractivity (Wildman–Crippen MR) is 103 cm³/mol. The number of para-hydroxylation sites is 1. The molecule has 4 aromatic carbocycles. The molecule has 0 unspecified atom stereocenters. The van der Waals surface area contributed by atoms with Crippen LogP contribution in [-0.4, -0.2) is 5.11 Å². The quantitative estimate of drug-likeness (QED) is 0.264. The second-order valence-corrected chi connectivity index (χ2v) is 6.16. The molecule has 0 aliphatic heterocycles. The molecular weight excluding hydrogens is 388 g/mol. The Morgan fingerprint density at radius 2 is 1.23 bits per heavy atom. The van der Waals surface area contributed by atoms with Crippen molar-refractivity contribution in [2.75, 3.05) is 0 Å². The van der Waals surface area contributed by atoms with Crippen molar-refractivity contribution < 1.29 is 26.5 Å². The minimum atomic E-state index is 0. The van der Waals surface area contributed by atoms with E-state index in [1.54, 1.807) is 0 Å². The van der Waals surface area contributed by atoms with Crippen LogP contribution in [0.3, 0.4) is 0 Å². The highest BCUT2D eigenvalue weighted by molar-refractivity contribution is 6.16. The number of rotatable bonds is 1. The standard InChI is InChI=1S/C23H14O2.BrH/c24-20-14-19-22(15-8-2-1-3-9-15)18-12-6-7-13-21(18)25-23(19)17-11-5-4-10-16(17)20;/h1-14H;1H. The molecule has 1 aromatic heterocycles. The molecule has 126 valence electrons. The van der Waals surface area contributed by atoms with Crippen LogP contribution in [0.15, 0.2) is 89.3 Å². The van der Waals surface area contributed by atoms with Crippen LogP contribution in [0.1, 0.15) is 0 Å². The topological polar surface area (TPSA) is 31.5 Å². The van der Waals surface area contributed by atoms with Gasteiger partial charge < -0.3 is 22.1 Å². The zero-order valence-electron chi connectivity index (χ0n) is 13.8. The fourth-order valence-corrected chi connectivity index (χ4v) is 3.56. The molecule has 5 rings (SSSR count). The summed E-state index contributed by atoms with van der Waals surface area (Å²) in [6.45, 7) is 0. The van der Waals surface area contributed by atoms with Gasteiger partial charge in [-0.1, -0.05) is 60.7 Å². The maximum absolute atomic E-state index is 10.6. The fraction of sp³-hybridized carbons (Fsp3) is 0. The van der Waals surface area contributed by atoms with Gasteiger partial charge in [0.1, 0.15) is 5.75 Å². The van der Waals surface area contributed by atoms with E-state index >= 15 is 0 Å². The summed E-state index contributed by atoms with van der Waals surface area (Å²) in [6, 6.07) is 27.9. The minimum Gasteiger partial charge on any atom is -1.00 e. The average molecular weight is 403 g/mol. The van der Waals surface area contributed by atoms with Crippen molar-refractivity contribution in [1.29, 1.82) is 0 Å². The third-order valence-corrected chi connectivity index (χ3v) is 4.67. The lowest BCUT2D eigenvalue weighted by Gasteiger charge is -2.07. The monoisotopic (exact) mass is 402 g/mol. The molecule has 0 fully saturated rings. The molecule has 5 aromatic rings. The molecule has 0 aliphatic rings. The Labute approximate surface area is 161 Å². The summed E-state index contributed by atoms with van der Waals surface area (Å²) in [5.41, 5.74) is 3.82. The van der Waals surface area contributed by atoms with E-state index in [1.165, 1.54) is 0 Å². The van der Waals surface area contributed by atoms with Crippen molar-refractivity contribution in [1.82, 2.24) is 0 Å². The minimum absolute atomic E-state index is 0. The maximum Gasteiger partial charge on any atom is 0.369 e. The molecule has 0 spiro atoms. The first-order valence-corrected chi connectivity index (χ1v) is 8.27. The molecular formula is C23H15BrO2. The summed E-state index contributed by atoms with van der Waals surface area (Å²) in [7, 11) is 0. The summed E-state index contributed by atoms with van der Waals surface area (Å²) in [5.74, 6) is 0.269. The third-order valence-electron chi connectivity index (χ3n) is 4.67. The average Bonchev–Trinajstić information content (AvgIpc) is 2.67. The Kier molecular flexibility index (Phi) is 4.09. The highest BCUT2D eigenvalue weighted by Gasteiger charge is 2.23. The normalized spacial score (nSPS) is 10.9. The zero-order chi connectivity index (χ0) is 16.8. The zero-order valence-corrected chi connectivity index (χ0v) is 15.4. The van der Waals surface area contributed by atoms with E-state index in [0.29, 0.717) is 0 Å². The summed E-state index contributed by atoms with van der Waals surface area (Å²) < 4.78 is 6.27. The van der Waals surface area contributed by atoms with Gasteiger partial charge in [0.05, 0.1) is 16.2 Å². The van der Waals surface area contributed by atoms with Crippen LogP contribution in [0.2, 0.25) is 0 Å². The van der Waals surface area contributed by atoms with Gasteiger partial charge in [-0.25, -0.2) is 4.42 Å². The van der Waals surface area contributed by atoms with Gasteiger partial charge in [-0.05, 0) is 23.8 Å². The van der Waals surface area contributed by atoms with Gasteiger partial charge in [0.2, 0.25) is 0 Å². The molecule has 1 heterocycles. The van der Waals surface area contributed by atoms with Gasteiger partial charge >= 0.3 is 11.2 Å². The number of benzene rings is 4. The summed E-state index contributed by atoms with van der Waals surface area (Å²) >= 11 is 0. The van der Waals surface area contributed by atoms with E-state index in [9.17, 15) is 5.11 Å². The van der Waals surface area contributed by atoms with Gasteiger partial charge in [-0.15, -0.1) is 0 Å². The molecule has 0 atom stereocenters. The lowest BCUT2D eigenvalue weighted by Crippen LogP contribution is -3.00. The van der Waals surface area contributed by atoms with E-state index in [1.807, 2.05) is 66.7 Å². The number of hydrogen-bond donors (Lipinski definition) is 1. The van der Waals surface area contributed by atoms with E-state index in [4.69, 9.17) is 4.42 Å². The third kappa shape index (κ3) is 2.44. The lowest BCUT2D eigenvalue weighted by atomic mass is 9.95. The number of halogens is 1. The molecule has 0 aliphatic carbocycles. The predicted octanol–water partition coefficient (Wildman–Crippen LogP) is 3.40. The van der Waals surface area contributed by atoms with E-state index in [0.717, 1.165) is 43.8 Å². The Balaban J connectivity index is 0.00000168. The molecule has 1 N–H and O–H groups in total. The van der Waals surface area contributed by atoms with Crippen molar-refractivity contribution in [3.05, 3.63) is 84.9 Å².